The smallest absolute Gasteiger partial charge is 0.220 e. The number of nitrogens with one attached hydrogen (secondary N) is 3. The second-order valence-electron chi connectivity index (χ2n) is 7.69. The summed E-state index contributed by atoms with van der Waals surface area (Å²) >= 11 is 0. The van der Waals surface area contributed by atoms with Gasteiger partial charge < -0.3 is 15.4 Å². The minimum absolute atomic E-state index is 0.0200. The summed E-state index contributed by atoms with van der Waals surface area (Å²) in [4.78, 5) is 12.1. The van der Waals surface area contributed by atoms with Gasteiger partial charge in [0.2, 0.25) is 15.9 Å². The molecule has 3 fully saturated rings. The standard InChI is InChI=1S/C17H31N3O4S/c21-17(11-13-9-14-4-5-15(10-13)20-14)18-6-8-25(22,23)19-12-16-3-1-2-7-24-16/h13-16,19-20H,1-12H2,(H,18,21). The average Bonchev–Trinajstić information content (AvgIpc) is 2.92. The predicted molar refractivity (Wildman–Crippen MR) is 95.7 cm³/mol. The molecule has 3 aliphatic heterocycles. The molecule has 3 atom stereocenters. The van der Waals surface area contributed by atoms with Gasteiger partial charge in [-0.3, -0.25) is 4.79 Å². The number of ether oxygens (including phenoxy) is 1. The highest BCUT2D eigenvalue weighted by molar-refractivity contribution is 7.89. The van der Waals surface area contributed by atoms with E-state index in [0.29, 0.717) is 37.6 Å². The third-order valence-corrected chi connectivity index (χ3v) is 6.89. The van der Waals surface area contributed by atoms with E-state index in [1.807, 2.05) is 0 Å². The molecule has 0 radical (unpaired) electrons. The number of amides is 1. The van der Waals surface area contributed by atoms with Crippen molar-refractivity contribution in [1.82, 2.24) is 15.4 Å². The fraction of sp³-hybridized carbons (Fsp3) is 0.941. The van der Waals surface area contributed by atoms with E-state index in [1.54, 1.807) is 0 Å². The minimum Gasteiger partial charge on any atom is -0.377 e. The number of carbonyl (C=O) groups excluding carboxylic acids is 1. The molecular weight excluding hydrogens is 342 g/mol. The molecule has 0 saturated carbocycles. The van der Waals surface area contributed by atoms with Crippen LogP contribution in [0.15, 0.2) is 0 Å². The van der Waals surface area contributed by atoms with Crippen molar-refractivity contribution in [3.05, 3.63) is 0 Å². The maximum atomic E-state index is 12.1. The van der Waals surface area contributed by atoms with Crippen molar-refractivity contribution in [2.45, 2.75) is 69.6 Å². The van der Waals surface area contributed by atoms with Crippen LogP contribution in [0, 0.1) is 5.92 Å². The molecule has 1 amide bonds. The summed E-state index contributed by atoms with van der Waals surface area (Å²) in [6, 6.07) is 1.14. The average molecular weight is 374 g/mol. The van der Waals surface area contributed by atoms with Gasteiger partial charge in [-0.1, -0.05) is 0 Å². The Morgan fingerprint density at radius 1 is 1.12 bits per heavy atom. The highest BCUT2D eigenvalue weighted by Crippen LogP contribution is 2.32. The van der Waals surface area contributed by atoms with Gasteiger partial charge in [0.1, 0.15) is 0 Å². The van der Waals surface area contributed by atoms with E-state index in [2.05, 4.69) is 15.4 Å². The molecule has 3 heterocycles. The van der Waals surface area contributed by atoms with Crippen LogP contribution in [-0.4, -0.2) is 58.0 Å². The lowest BCUT2D eigenvalue weighted by Gasteiger charge is -2.28. The van der Waals surface area contributed by atoms with Crippen LogP contribution in [0.1, 0.15) is 51.4 Å². The second kappa shape index (κ2) is 8.79. The minimum atomic E-state index is -3.37. The molecule has 3 N–H and O–H groups in total. The fourth-order valence-corrected chi connectivity index (χ4v) is 5.22. The fourth-order valence-electron chi connectivity index (χ4n) is 4.26. The Morgan fingerprint density at radius 3 is 2.56 bits per heavy atom. The number of piperidine rings is 1. The Balaban J connectivity index is 1.30. The molecule has 0 aliphatic carbocycles. The van der Waals surface area contributed by atoms with Gasteiger partial charge in [-0.05, 0) is 50.9 Å². The summed E-state index contributed by atoms with van der Waals surface area (Å²) in [5, 5.41) is 6.33. The zero-order valence-corrected chi connectivity index (χ0v) is 15.7. The lowest BCUT2D eigenvalue weighted by Crippen LogP contribution is -2.41. The number of carbonyl (C=O) groups is 1. The van der Waals surface area contributed by atoms with Crippen LogP contribution in [0.4, 0.5) is 0 Å². The Morgan fingerprint density at radius 2 is 1.88 bits per heavy atom. The van der Waals surface area contributed by atoms with Crippen LogP contribution in [-0.2, 0) is 19.6 Å². The molecule has 0 aromatic rings. The summed E-state index contributed by atoms with van der Waals surface area (Å²) in [7, 11) is -3.37. The molecule has 3 unspecified atom stereocenters. The van der Waals surface area contributed by atoms with E-state index < -0.39 is 10.0 Å². The van der Waals surface area contributed by atoms with Crippen molar-refractivity contribution in [1.29, 1.82) is 0 Å². The lowest BCUT2D eigenvalue weighted by molar-refractivity contribution is -0.122. The predicted octanol–water partition coefficient (Wildman–Crippen LogP) is 0.512. The van der Waals surface area contributed by atoms with Crippen molar-refractivity contribution in [3.63, 3.8) is 0 Å². The van der Waals surface area contributed by atoms with Crippen molar-refractivity contribution in [2.75, 3.05) is 25.4 Å². The van der Waals surface area contributed by atoms with E-state index in [9.17, 15) is 13.2 Å². The van der Waals surface area contributed by atoms with Gasteiger partial charge in [0, 0.05) is 38.2 Å². The first kappa shape index (κ1) is 19.1. The summed E-state index contributed by atoms with van der Waals surface area (Å²) in [6.07, 6.45) is 8.09. The molecular formula is C17H31N3O4S. The topological polar surface area (TPSA) is 96.5 Å². The monoisotopic (exact) mass is 373 g/mol. The number of hydrogen-bond acceptors (Lipinski definition) is 5. The molecule has 25 heavy (non-hydrogen) atoms. The summed E-state index contributed by atoms with van der Waals surface area (Å²) < 4.78 is 32.1. The molecule has 3 saturated heterocycles. The third-order valence-electron chi connectivity index (χ3n) is 5.54. The molecule has 3 rings (SSSR count). The largest absolute Gasteiger partial charge is 0.377 e. The number of sulfonamides is 1. The Hall–Kier alpha value is -0.700. The van der Waals surface area contributed by atoms with Crippen LogP contribution in [0.2, 0.25) is 0 Å². The number of hydrogen-bond donors (Lipinski definition) is 3. The van der Waals surface area contributed by atoms with E-state index >= 15 is 0 Å². The Labute approximate surface area is 150 Å². The molecule has 2 bridgehead atoms. The van der Waals surface area contributed by atoms with Gasteiger partial charge >= 0.3 is 0 Å². The Bertz CT molecular complexity index is 536. The van der Waals surface area contributed by atoms with E-state index in [-0.39, 0.29) is 24.3 Å². The second-order valence-corrected chi connectivity index (χ2v) is 9.61. The van der Waals surface area contributed by atoms with Crippen LogP contribution in [0.5, 0.6) is 0 Å². The van der Waals surface area contributed by atoms with Gasteiger partial charge in [0.25, 0.3) is 0 Å². The zero-order valence-electron chi connectivity index (χ0n) is 14.8. The summed E-state index contributed by atoms with van der Waals surface area (Å²) in [5.41, 5.74) is 0. The highest BCUT2D eigenvalue weighted by atomic mass is 32.2. The summed E-state index contributed by atoms with van der Waals surface area (Å²) in [6.45, 7) is 1.20. The Kier molecular flexibility index (Phi) is 6.71. The van der Waals surface area contributed by atoms with Crippen LogP contribution in [0.25, 0.3) is 0 Å². The maximum absolute atomic E-state index is 12.1. The molecule has 7 nitrogen and oxygen atoms in total. The van der Waals surface area contributed by atoms with Crippen molar-refractivity contribution >= 4 is 15.9 Å². The lowest BCUT2D eigenvalue weighted by atomic mass is 9.89. The number of rotatable bonds is 8. The van der Waals surface area contributed by atoms with E-state index in [1.165, 1.54) is 12.8 Å². The quantitative estimate of drug-likeness (QED) is 0.576. The first-order valence-corrected chi connectivity index (χ1v) is 11.3. The molecule has 144 valence electrons. The van der Waals surface area contributed by atoms with Crippen molar-refractivity contribution in [3.8, 4) is 0 Å². The third kappa shape index (κ3) is 6.20. The normalized spacial score (nSPS) is 32.5. The van der Waals surface area contributed by atoms with Gasteiger partial charge in [-0.2, -0.15) is 0 Å². The first-order valence-electron chi connectivity index (χ1n) is 9.62. The van der Waals surface area contributed by atoms with Gasteiger partial charge in [0.15, 0.2) is 0 Å². The molecule has 8 heteroatoms. The first-order chi connectivity index (χ1) is 12.0. The van der Waals surface area contributed by atoms with E-state index in [4.69, 9.17) is 4.74 Å². The van der Waals surface area contributed by atoms with Crippen molar-refractivity contribution in [2.24, 2.45) is 5.92 Å². The molecule has 0 spiro atoms. The highest BCUT2D eigenvalue weighted by Gasteiger charge is 2.34. The molecule has 3 aliphatic rings. The SMILES string of the molecule is O=C(CC1CC2CCC(C1)N2)NCCS(=O)(=O)NCC1CCCCO1. The van der Waals surface area contributed by atoms with Crippen LogP contribution < -0.4 is 15.4 Å². The maximum Gasteiger partial charge on any atom is 0.220 e. The molecule has 0 aromatic heterocycles. The zero-order chi connectivity index (χ0) is 17.7. The van der Waals surface area contributed by atoms with Gasteiger partial charge in [-0.15, -0.1) is 0 Å². The van der Waals surface area contributed by atoms with Crippen molar-refractivity contribution < 1.29 is 17.9 Å². The number of fused-ring (bicyclic) bond motifs is 2. The van der Waals surface area contributed by atoms with E-state index in [0.717, 1.165) is 32.1 Å². The van der Waals surface area contributed by atoms with Crippen LogP contribution in [0.3, 0.4) is 0 Å². The summed E-state index contributed by atoms with van der Waals surface area (Å²) in [5.74, 6) is 0.317. The van der Waals surface area contributed by atoms with Gasteiger partial charge in [-0.25, -0.2) is 13.1 Å². The molecule has 0 aromatic carbocycles. The van der Waals surface area contributed by atoms with Crippen LogP contribution >= 0.6 is 0 Å². The van der Waals surface area contributed by atoms with Gasteiger partial charge in [0.05, 0.1) is 11.9 Å².